The first kappa shape index (κ1) is 5.83. The summed E-state index contributed by atoms with van der Waals surface area (Å²) in [6.45, 7) is 2.17. The van der Waals surface area contributed by atoms with Crippen LogP contribution in [0.25, 0.3) is 0 Å². The number of aliphatic hydroxyl groups excluding tert-OH is 1. The first-order chi connectivity index (χ1) is 3.79. The minimum absolute atomic E-state index is 0.161. The maximum absolute atomic E-state index is 8.94. The molecule has 1 aliphatic carbocycles. The van der Waals surface area contributed by atoms with Crippen LogP contribution in [0.4, 0.5) is 0 Å². The van der Waals surface area contributed by atoms with Crippen LogP contribution in [0.1, 0.15) is 19.8 Å². The Morgan fingerprint density at radius 1 is 1.38 bits per heavy atom. The average molecular weight is 112 g/mol. The molecule has 1 heteroatoms. The van der Waals surface area contributed by atoms with E-state index in [1.807, 2.05) is 6.08 Å². The summed E-state index contributed by atoms with van der Waals surface area (Å²) >= 11 is 0. The predicted molar refractivity (Wildman–Crippen MR) is 33.5 cm³/mol. The van der Waals surface area contributed by atoms with E-state index < -0.39 is 0 Å². The van der Waals surface area contributed by atoms with E-state index in [4.69, 9.17) is 5.11 Å². The largest absolute Gasteiger partial charge is 0.389 e. The van der Waals surface area contributed by atoms with Gasteiger partial charge in [0.2, 0.25) is 0 Å². The second-order valence-electron chi connectivity index (χ2n) is 2.51. The molecule has 0 bridgehead atoms. The average Bonchev–Trinajstić information content (AvgIpc) is 1.77. The van der Waals surface area contributed by atoms with Crippen molar-refractivity contribution in [1.29, 1.82) is 0 Å². The first-order valence-electron chi connectivity index (χ1n) is 3.15. The van der Waals surface area contributed by atoms with Crippen LogP contribution in [0.5, 0.6) is 0 Å². The van der Waals surface area contributed by atoms with Crippen molar-refractivity contribution in [2.45, 2.75) is 25.9 Å². The molecule has 1 aliphatic rings. The molecular formula is C7H12O. The molecule has 0 amide bonds. The van der Waals surface area contributed by atoms with E-state index in [1.165, 1.54) is 0 Å². The molecule has 1 rings (SSSR count). The monoisotopic (exact) mass is 112 g/mol. The summed E-state index contributed by atoms with van der Waals surface area (Å²) in [5, 5.41) is 8.94. The van der Waals surface area contributed by atoms with Gasteiger partial charge in [-0.3, -0.25) is 0 Å². The Morgan fingerprint density at radius 2 is 2.12 bits per heavy atom. The second kappa shape index (κ2) is 2.31. The molecule has 0 fully saturated rings. The zero-order valence-electron chi connectivity index (χ0n) is 5.17. The van der Waals surface area contributed by atoms with Gasteiger partial charge in [-0.1, -0.05) is 19.1 Å². The van der Waals surface area contributed by atoms with Crippen LogP contribution >= 0.6 is 0 Å². The Hall–Kier alpha value is -0.300. The summed E-state index contributed by atoms with van der Waals surface area (Å²) in [5.74, 6) is 0.679. The molecule has 0 aromatic heterocycles. The van der Waals surface area contributed by atoms with Gasteiger partial charge in [-0.2, -0.15) is 0 Å². The normalized spacial score (nSPS) is 37.8. The third kappa shape index (κ3) is 1.34. The maximum atomic E-state index is 8.94. The quantitative estimate of drug-likeness (QED) is 0.469. The molecule has 0 aromatic rings. The lowest BCUT2D eigenvalue weighted by atomic mass is 9.96. The number of hydrogen-bond acceptors (Lipinski definition) is 1. The van der Waals surface area contributed by atoms with E-state index in [2.05, 4.69) is 13.0 Å². The Morgan fingerprint density at radius 3 is 2.50 bits per heavy atom. The van der Waals surface area contributed by atoms with E-state index in [0.29, 0.717) is 5.92 Å². The Labute approximate surface area is 50.0 Å². The highest BCUT2D eigenvalue weighted by atomic mass is 16.3. The highest BCUT2D eigenvalue weighted by molar-refractivity contribution is 4.96. The van der Waals surface area contributed by atoms with Gasteiger partial charge < -0.3 is 5.11 Å². The van der Waals surface area contributed by atoms with Crippen molar-refractivity contribution in [3.05, 3.63) is 12.2 Å². The molecule has 2 atom stereocenters. The van der Waals surface area contributed by atoms with Crippen molar-refractivity contribution in [3.63, 3.8) is 0 Å². The molecule has 46 valence electrons. The van der Waals surface area contributed by atoms with Crippen molar-refractivity contribution >= 4 is 0 Å². The number of rotatable bonds is 0. The number of hydrogen-bond donors (Lipinski definition) is 1. The minimum atomic E-state index is -0.161. The van der Waals surface area contributed by atoms with Crippen LogP contribution in [0.2, 0.25) is 0 Å². The van der Waals surface area contributed by atoms with Gasteiger partial charge in [-0.05, 0) is 18.8 Å². The summed E-state index contributed by atoms with van der Waals surface area (Å²) in [6, 6.07) is 0. The number of aliphatic hydroxyl groups is 1. The maximum Gasteiger partial charge on any atom is 0.0721 e. The summed E-state index contributed by atoms with van der Waals surface area (Å²) in [7, 11) is 0. The van der Waals surface area contributed by atoms with Crippen LogP contribution in [0.15, 0.2) is 12.2 Å². The molecule has 1 nitrogen and oxygen atoms in total. The van der Waals surface area contributed by atoms with Gasteiger partial charge in [0.1, 0.15) is 0 Å². The molecule has 8 heavy (non-hydrogen) atoms. The molecule has 0 aliphatic heterocycles. The summed E-state index contributed by atoms with van der Waals surface area (Å²) in [5.41, 5.74) is 0. The van der Waals surface area contributed by atoms with E-state index in [1.54, 1.807) is 0 Å². The second-order valence-corrected chi connectivity index (χ2v) is 2.51. The molecular weight excluding hydrogens is 100 g/mol. The predicted octanol–water partition coefficient (Wildman–Crippen LogP) is 1.33. The lowest BCUT2D eigenvalue weighted by molar-refractivity contribution is 0.196. The minimum Gasteiger partial charge on any atom is -0.389 e. The van der Waals surface area contributed by atoms with Crippen LogP contribution < -0.4 is 0 Å². The molecule has 0 saturated heterocycles. The van der Waals surface area contributed by atoms with E-state index >= 15 is 0 Å². The lowest BCUT2D eigenvalue weighted by Gasteiger charge is -2.14. The Bertz CT molecular complexity index is 84.6. The van der Waals surface area contributed by atoms with Crippen molar-refractivity contribution in [3.8, 4) is 0 Å². The van der Waals surface area contributed by atoms with Crippen molar-refractivity contribution in [1.82, 2.24) is 0 Å². The third-order valence-corrected chi connectivity index (χ3v) is 1.58. The van der Waals surface area contributed by atoms with E-state index in [-0.39, 0.29) is 6.10 Å². The molecule has 0 aromatic carbocycles. The summed E-state index contributed by atoms with van der Waals surface area (Å²) < 4.78 is 0. The first-order valence-corrected chi connectivity index (χ1v) is 3.15. The molecule has 0 spiro atoms. The fourth-order valence-electron chi connectivity index (χ4n) is 0.944. The van der Waals surface area contributed by atoms with Crippen molar-refractivity contribution in [2.24, 2.45) is 5.92 Å². The SMILES string of the molecule is C[C@H]1C=CC(O)CC1. The topological polar surface area (TPSA) is 20.2 Å². The highest BCUT2D eigenvalue weighted by Gasteiger charge is 2.07. The summed E-state index contributed by atoms with van der Waals surface area (Å²) in [6.07, 6.45) is 5.88. The molecule has 1 N–H and O–H groups in total. The lowest BCUT2D eigenvalue weighted by Crippen LogP contribution is -2.09. The van der Waals surface area contributed by atoms with Crippen molar-refractivity contribution in [2.75, 3.05) is 0 Å². The van der Waals surface area contributed by atoms with Gasteiger partial charge in [0, 0.05) is 0 Å². The van der Waals surface area contributed by atoms with E-state index in [0.717, 1.165) is 12.8 Å². The van der Waals surface area contributed by atoms with Gasteiger partial charge in [0.15, 0.2) is 0 Å². The van der Waals surface area contributed by atoms with Crippen LogP contribution in [-0.2, 0) is 0 Å². The van der Waals surface area contributed by atoms with Gasteiger partial charge in [-0.25, -0.2) is 0 Å². The Kier molecular flexibility index (Phi) is 1.69. The standard InChI is InChI=1S/C7H12O/c1-6-2-4-7(8)5-3-6/h2,4,6-8H,3,5H2,1H3/t6-,7?/m0/s1. The van der Waals surface area contributed by atoms with Gasteiger partial charge in [0.05, 0.1) is 6.10 Å². The summed E-state index contributed by atoms with van der Waals surface area (Å²) in [4.78, 5) is 0. The van der Waals surface area contributed by atoms with Gasteiger partial charge in [0.25, 0.3) is 0 Å². The zero-order valence-corrected chi connectivity index (χ0v) is 5.17. The smallest absolute Gasteiger partial charge is 0.0721 e. The molecule has 0 heterocycles. The molecule has 0 saturated carbocycles. The van der Waals surface area contributed by atoms with E-state index in [9.17, 15) is 0 Å². The van der Waals surface area contributed by atoms with Gasteiger partial charge >= 0.3 is 0 Å². The van der Waals surface area contributed by atoms with Crippen LogP contribution in [-0.4, -0.2) is 11.2 Å². The highest BCUT2D eigenvalue weighted by Crippen LogP contribution is 2.15. The van der Waals surface area contributed by atoms with Crippen LogP contribution in [0.3, 0.4) is 0 Å². The molecule has 1 unspecified atom stereocenters. The zero-order chi connectivity index (χ0) is 5.98. The van der Waals surface area contributed by atoms with Crippen LogP contribution in [0, 0.1) is 5.92 Å². The fraction of sp³-hybridized carbons (Fsp3) is 0.714. The number of allylic oxidation sites excluding steroid dienone is 1. The third-order valence-electron chi connectivity index (χ3n) is 1.58. The van der Waals surface area contributed by atoms with Gasteiger partial charge in [-0.15, -0.1) is 0 Å². The Balaban J connectivity index is 2.42. The van der Waals surface area contributed by atoms with Crippen molar-refractivity contribution < 1.29 is 5.11 Å². The fourth-order valence-corrected chi connectivity index (χ4v) is 0.944. The molecule has 0 radical (unpaired) electrons.